The molecule has 1 aromatic carbocycles. The van der Waals surface area contributed by atoms with Gasteiger partial charge in [0.05, 0.1) is 0 Å². The summed E-state index contributed by atoms with van der Waals surface area (Å²) in [6.07, 6.45) is 4.10. The quantitative estimate of drug-likeness (QED) is 0.663. The average Bonchev–Trinajstić information content (AvgIpc) is 2.05. The van der Waals surface area contributed by atoms with Crippen LogP contribution in [0.3, 0.4) is 0 Å². The molecule has 0 amide bonds. The van der Waals surface area contributed by atoms with Crippen LogP contribution in [0.15, 0.2) is 30.3 Å². The molecule has 1 nitrogen and oxygen atoms in total. The van der Waals surface area contributed by atoms with Crippen molar-refractivity contribution in [1.82, 2.24) is 0 Å². The average molecular weight is 310 g/mol. The minimum Gasteiger partial charge on any atom is -0.489 e. The van der Waals surface area contributed by atoms with Gasteiger partial charge in [0.2, 0.25) is 0 Å². The molecule has 0 N–H and O–H groups in total. The molecule has 1 aliphatic heterocycles. The second-order valence-corrected chi connectivity index (χ2v) is 2.25. The molecule has 1 aliphatic rings. The molecule has 0 spiro atoms. The van der Waals surface area contributed by atoms with Crippen LogP contribution in [0.2, 0.25) is 0 Å². The Morgan fingerprint density at radius 2 is 1.92 bits per heavy atom. The van der Waals surface area contributed by atoms with Crippen LogP contribution in [0.4, 0.5) is 0 Å². The Morgan fingerprint density at radius 3 is 2.67 bits per heavy atom. The first kappa shape index (κ1) is 12.1. The van der Waals surface area contributed by atoms with Crippen molar-refractivity contribution in [1.29, 1.82) is 0 Å². The third kappa shape index (κ3) is 2.53. The number of hydrogen-bond donors (Lipinski definition) is 0. The Balaban J connectivity index is 0.000000605. The Labute approximate surface area is 99.1 Å². The van der Waals surface area contributed by atoms with E-state index in [1.54, 1.807) is 0 Å². The van der Waals surface area contributed by atoms with Crippen molar-refractivity contribution >= 4 is 30.0 Å². The van der Waals surface area contributed by atoms with E-state index in [9.17, 15) is 0 Å². The van der Waals surface area contributed by atoms with Crippen molar-refractivity contribution in [3.63, 3.8) is 0 Å². The van der Waals surface area contributed by atoms with Crippen LogP contribution < -0.4 is 4.74 Å². The SMILES string of the molecule is C1=Cc2ccccc2OC1.[Ni].[Sn]. The first-order chi connectivity index (χ1) is 4.97. The van der Waals surface area contributed by atoms with Crippen LogP contribution >= 0.6 is 0 Å². The molecule has 0 saturated carbocycles. The standard InChI is InChI=1S/C9H8O.Ni.Sn/c1-2-6-9-8(4-1)5-3-7-10-9;;/h1-6H,7H2;;. The molecular weight excluding hydrogens is 302 g/mol. The Kier molecular flexibility index (Phi) is 5.68. The molecule has 0 aliphatic carbocycles. The fourth-order valence-corrected chi connectivity index (χ4v) is 1.06. The van der Waals surface area contributed by atoms with Gasteiger partial charge in [0.15, 0.2) is 0 Å². The number of hydrogen-bond acceptors (Lipinski definition) is 1. The normalized spacial score (nSPS) is 11.7. The van der Waals surface area contributed by atoms with Gasteiger partial charge in [-0.05, 0) is 12.1 Å². The first-order valence-electron chi connectivity index (χ1n) is 3.35. The van der Waals surface area contributed by atoms with Gasteiger partial charge < -0.3 is 4.74 Å². The fraction of sp³-hybridized carbons (Fsp3) is 0.111. The maximum atomic E-state index is 5.34. The van der Waals surface area contributed by atoms with Gasteiger partial charge in [0.1, 0.15) is 12.4 Å². The van der Waals surface area contributed by atoms with E-state index in [4.69, 9.17) is 4.74 Å². The summed E-state index contributed by atoms with van der Waals surface area (Å²) in [5.41, 5.74) is 1.17. The van der Waals surface area contributed by atoms with Crippen LogP contribution in [0.25, 0.3) is 6.08 Å². The fourth-order valence-electron chi connectivity index (χ4n) is 1.06. The van der Waals surface area contributed by atoms with Crippen molar-refractivity contribution in [2.45, 2.75) is 0 Å². The zero-order chi connectivity index (χ0) is 6.81. The van der Waals surface area contributed by atoms with Crippen LogP contribution in [0, 0.1) is 0 Å². The van der Waals surface area contributed by atoms with Crippen LogP contribution in [-0.4, -0.2) is 30.5 Å². The Morgan fingerprint density at radius 1 is 1.17 bits per heavy atom. The molecule has 1 aromatic rings. The molecule has 0 unspecified atom stereocenters. The van der Waals surface area contributed by atoms with Gasteiger partial charge >= 0.3 is 0 Å². The van der Waals surface area contributed by atoms with Gasteiger partial charge in [0, 0.05) is 46.0 Å². The summed E-state index contributed by atoms with van der Waals surface area (Å²) in [5, 5.41) is 0. The molecule has 0 saturated heterocycles. The van der Waals surface area contributed by atoms with Gasteiger partial charge in [-0.2, -0.15) is 0 Å². The molecule has 1 heterocycles. The number of para-hydroxylation sites is 1. The maximum Gasteiger partial charge on any atom is 0.126 e. The predicted octanol–water partition coefficient (Wildman–Crippen LogP) is 1.71. The van der Waals surface area contributed by atoms with Crippen molar-refractivity contribution in [3.05, 3.63) is 35.9 Å². The summed E-state index contributed by atoms with van der Waals surface area (Å²) in [7, 11) is 0. The van der Waals surface area contributed by atoms with E-state index in [2.05, 4.69) is 6.08 Å². The van der Waals surface area contributed by atoms with E-state index >= 15 is 0 Å². The van der Waals surface area contributed by atoms with E-state index in [0.29, 0.717) is 6.61 Å². The molecule has 0 atom stereocenters. The van der Waals surface area contributed by atoms with Crippen molar-refractivity contribution in [2.24, 2.45) is 0 Å². The summed E-state index contributed by atoms with van der Waals surface area (Å²) >= 11 is 0. The molecule has 12 heavy (non-hydrogen) atoms. The first-order valence-corrected chi connectivity index (χ1v) is 3.35. The monoisotopic (exact) mass is 310 g/mol. The summed E-state index contributed by atoms with van der Waals surface area (Å²) in [6, 6.07) is 8.03. The van der Waals surface area contributed by atoms with Crippen LogP contribution in [0.1, 0.15) is 5.56 Å². The van der Waals surface area contributed by atoms with E-state index in [-0.39, 0.29) is 40.4 Å². The molecule has 64 valence electrons. The third-order valence-electron chi connectivity index (χ3n) is 1.55. The van der Waals surface area contributed by atoms with Crippen molar-refractivity contribution in [2.75, 3.05) is 6.61 Å². The van der Waals surface area contributed by atoms with E-state index < -0.39 is 0 Å². The van der Waals surface area contributed by atoms with Gasteiger partial charge in [-0.15, -0.1) is 0 Å². The summed E-state index contributed by atoms with van der Waals surface area (Å²) in [5.74, 6) is 0.991. The third-order valence-corrected chi connectivity index (χ3v) is 1.55. The summed E-state index contributed by atoms with van der Waals surface area (Å²) in [4.78, 5) is 0. The smallest absolute Gasteiger partial charge is 0.126 e. The minimum atomic E-state index is 0. The van der Waals surface area contributed by atoms with E-state index in [0.717, 1.165) is 5.75 Å². The molecule has 2 rings (SSSR count). The summed E-state index contributed by atoms with van der Waals surface area (Å²) in [6.45, 7) is 0.705. The topological polar surface area (TPSA) is 9.23 Å². The number of benzene rings is 1. The summed E-state index contributed by atoms with van der Waals surface area (Å²) < 4.78 is 5.34. The van der Waals surface area contributed by atoms with Gasteiger partial charge in [0.25, 0.3) is 0 Å². The Hall–Kier alpha value is 0.0522. The zero-order valence-corrected chi connectivity index (χ0v) is 10.2. The molecule has 0 aromatic heterocycles. The second kappa shape index (κ2) is 5.66. The number of rotatable bonds is 0. The molecule has 4 radical (unpaired) electrons. The Bertz CT molecular complexity index is 273. The minimum absolute atomic E-state index is 0. The number of fused-ring (bicyclic) bond motifs is 1. The van der Waals surface area contributed by atoms with Crippen LogP contribution in [0.5, 0.6) is 5.75 Å². The van der Waals surface area contributed by atoms with Crippen molar-refractivity contribution < 1.29 is 21.2 Å². The maximum absolute atomic E-state index is 5.34. The van der Waals surface area contributed by atoms with E-state index in [1.165, 1.54) is 5.56 Å². The predicted molar refractivity (Wildman–Crippen MR) is 46.7 cm³/mol. The van der Waals surface area contributed by atoms with Gasteiger partial charge in [-0.3, -0.25) is 0 Å². The second-order valence-electron chi connectivity index (χ2n) is 2.25. The van der Waals surface area contributed by atoms with Crippen molar-refractivity contribution in [3.8, 4) is 5.75 Å². The van der Waals surface area contributed by atoms with Gasteiger partial charge in [-0.1, -0.05) is 24.3 Å². The number of ether oxygens (including phenoxy) is 1. The van der Waals surface area contributed by atoms with Crippen LogP contribution in [-0.2, 0) is 16.5 Å². The van der Waals surface area contributed by atoms with E-state index in [1.807, 2.05) is 30.3 Å². The van der Waals surface area contributed by atoms with Gasteiger partial charge in [-0.25, -0.2) is 0 Å². The molecule has 0 bridgehead atoms. The molecular formula is C9H8NiOSn. The zero-order valence-electron chi connectivity index (χ0n) is 6.40. The largest absolute Gasteiger partial charge is 0.489 e. The molecule has 3 heteroatoms. The molecule has 0 fully saturated rings.